The van der Waals surface area contributed by atoms with E-state index in [1.54, 1.807) is 24.3 Å². The van der Waals surface area contributed by atoms with Crippen molar-refractivity contribution in [3.05, 3.63) is 54.2 Å². The van der Waals surface area contributed by atoms with E-state index in [1.807, 2.05) is 35.2 Å². The highest BCUT2D eigenvalue weighted by atomic mass is 32.2. The Morgan fingerprint density at radius 3 is 2.67 bits per heavy atom. The van der Waals surface area contributed by atoms with Crippen molar-refractivity contribution in [2.24, 2.45) is 0 Å². The molecule has 4 rings (SSSR count). The SMILES string of the molecule is O=C(CCCCC[n+]1cccc(/C=C/c2nc3ccc(OCCCS(=O)(=O)O)cc3o2)c1)ON1C(=O)CCC1=O. The van der Waals surface area contributed by atoms with Gasteiger partial charge in [-0.3, -0.25) is 14.1 Å². The quantitative estimate of drug-likeness (QED) is 0.132. The number of hydrogen-bond acceptors (Lipinski definition) is 9. The molecule has 2 amide bonds. The average Bonchev–Trinajstić information content (AvgIpc) is 3.47. The fourth-order valence-corrected chi connectivity index (χ4v) is 4.49. The van der Waals surface area contributed by atoms with Gasteiger partial charge in [0.25, 0.3) is 21.9 Å². The van der Waals surface area contributed by atoms with Crippen LogP contribution in [0.5, 0.6) is 5.75 Å². The molecule has 40 heavy (non-hydrogen) atoms. The molecule has 0 bridgehead atoms. The second-order valence-corrected chi connectivity index (χ2v) is 10.8. The number of pyridine rings is 1. The van der Waals surface area contributed by atoms with E-state index in [2.05, 4.69) is 4.98 Å². The summed E-state index contributed by atoms with van der Waals surface area (Å²) >= 11 is 0. The number of ether oxygens (including phenoxy) is 1. The summed E-state index contributed by atoms with van der Waals surface area (Å²) in [4.78, 5) is 44.2. The van der Waals surface area contributed by atoms with Crippen molar-refractivity contribution in [3.63, 3.8) is 0 Å². The summed E-state index contributed by atoms with van der Waals surface area (Å²) < 4.78 is 43.7. The van der Waals surface area contributed by atoms with Crippen molar-refractivity contribution in [3.8, 4) is 5.75 Å². The Balaban J connectivity index is 1.22. The first-order valence-electron chi connectivity index (χ1n) is 12.9. The monoisotopic (exact) mass is 572 g/mol. The van der Waals surface area contributed by atoms with Gasteiger partial charge in [0.15, 0.2) is 18.0 Å². The molecular formula is C27H30N3O9S+. The number of rotatable bonds is 14. The number of aromatic nitrogens is 2. The molecule has 1 saturated heterocycles. The Labute approximate surface area is 230 Å². The lowest BCUT2D eigenvalue weighted by Gasteiger charge is -2.12. The highest BCUT2D eigenvalue weighted by molar-refractivity contribution is 7.85. The van der Waals surface area contributed by atoms with Crippen LogP contribution in [0.25, 0.3) is 23.3 Å². The van der Waals surface area contributed by atoms with Gasteiger partial charge in [-0.1, -0.05) is 0 Å². The number of carbonyl (C=O) groups excluding carboxylic acids is 3. The minimum absolute atomic E-state index is 0.0778. The molecule has 0 spiro atoms. The number of nitrogens with zero attached hydrogens (tertiary/aromatic N) is 3. The number of hydroxylamine groups is 2. The third-order valence-corrected chi connectivity index (χ3v) is 6.79. The third-order valence-electron chi connectivity index (χ3n) is 5.99. The maximum absolute atomic E-state index is 11.9. The van der Waals surface area contributed by atoms with Gasteiger partial charge in [0.2, 0.25) is 5.89 Å². The van der Waals surface area contributed by atoms with Crippen molar-refractivity contribution in [2.45, 2.75) is 51.5 Å². The smallest absolute Gasteiger partial charge is 0.333 e. The molecule has 13 heteroatoms. The molecule has 0 aliphatic carbocycles. The summed E-state index contributed by atoms with van der Waals surface area (Å²) in [6, 6.07) is 9.01. The molecule has 1 fully saturated rings. The van der Waals surface area contributed by atoms with Crippen molar-refractivity contribution >= 4 is 51.2 Å². The van der Waals surface area contributed by atoms with Crippen LogP contribution in [0, 0.1) is 0 Å². The van der Waals surface area contributed by atoms with Gasteiger partial charge in [0.1, 0.15) is 17.8 Å². The summed E-state index contributed by atoms with van der Waals surface area (Å²) in [5.74, 6) is -0.984. The lowest BCUT2D eigenvalue weighted by atomic mass is 10.2. The molecule has 0 saturated carbocycles. The van der Waals surface area contributed by atoms with E-state index < -0.39 is 27.9 Å². The van der Waals surface area contributed by atoms with Crippen molar-refractivity contribution in [2.75, 3.05) is 12.4 Å². The van der Waals surface area contributed by atoms with Crippen LogP contribution in [-0.2, 0) is 35.9 Å². The van der Waals surface area contributed by atoms with Gasteiger partial charge in [-0.15, -0.1) is 5.06 Å². The number of carbonyl (C=O) groups is 3. The Morgan fingerprint density at radius 2 is 1.90 bits per heavy atom. The van der Waals surface area contributed by atoms with E-state index >= 15 is 0 Å². The normalized spacial score (nSPS) is 14.0. The number of fused-ring (bicyclic) bond motifs is 1. The largest absolute Gasteiger partial charge is 0.493 e. The van der Waals surface area contributed by atoms with Gasteiger partial charge in [-0.05, 0) is 43.5 Å². The van der Waals surface area contributed by atoms with E-state index in [-0.39, 0.29) is 38.0 Å². The Morgan fingerprint density at radius 1 is 1.10 bits per heavy atom. The van der Waals surface area contributed by atoms with Crippen LogP contribution in [-0.4, -0.2) is 53.2 Å². The minimum atomic E-state index is -4.01. The predicted molar refractivity (Wildman–Crippen MR) is 142 cm³/mol. The fourth-order valence-electron chi connectivity index (χ4n) is 4.01. The lowest BCUT2D eigenvalue weighted by Crippen LogP contribution is -2.33. The second kappa shape index (κ2) is 13.3. The van der Waals surface area contributed by atoms with E-state index in [0.717, 1.165) is 24.9 Å². The number of imide groups is 1. The number of aryl methyl sites for hydroxylation is 1. The van der Waals surface area contributed by atoms with Crippen LogP contribution in [0.4, 0.5) is 0 Å². The topological polar surface area (TPSA) is 157 Å². The van der Waals surface area contributed by atoms with Gasteiger partial charge >= 0.3 is 5.97 Å². The van der Waals surface area contributed by atoms with Gasteiger partial charge in [0.05, 0.1) is 12.4 Å². The molecule has 1 aliphatic heterocycles. The molecule has 1 N–H and O–H groups in total. The maximum Gasteiger partial charge on any atom is 0.333 e. The first-order valence-corrected chi connectivity index (χ1v) is 14.5. The standard InChI is InChI=1S/C27H29N3O9S/c31-25-12-13-26(32)30(25)39-27(33)7-2-1-3-14-29-15-4-6-20(19-29)8-11-24-28-22-10-9-21(18-23(22)38-24)37-16-5-17-40(34,35)36/h4,6,8-11,15,18-19H,1-3,5,7,12-14,16-17H2/p+1/b11-8+. The van der Waals surface area contributed by atoms with E-state index in [0.29, 0.717) is 34.2 Å². The Bertz CT molecular complexity index is 1500. The van der Waals surface area contributed by atoms with Crippen molar-refractivity contribution < 1.29 is 45.9 Å². The number of amides is 2. The van der Waals surface area contributed by atoms with Gasteiger partial charge in [0, 0.05) is 49.5 Å². The molecule has 2 aromatic heterocycles. The van der Waals surface area contributed by atoms with Crippen molar-refractivity contribution in [1.82, 2.24) is 10.0 Å². The molecule has 3 aromatic rings. The van der Waals surface area contributed by atoms with E-state index in [1.165, 1.54) is 0 Å². The zero-order valence-electron chi connectivity index (χ0n) is 21.7. The summed E-state index contributed by atoms with van der Waals surface area (Å²) in [6.45, 7) is 0.880. The molecule has 0 atom stereocenters. The summed E-state index contributed by atoms with van der Waals surface area (Å²) in [5, 5.41) is 0.573. The van der Waals surface area contributed by atoms with Gasteiger partial charge in [-0.2, -0.15) is 8.42 Å². The number of oxazole rings is 1. The first kappa shape index (κ1) is 28.9. The molecule has 1 aliphatic rings. The maximum atomic E-state index is 11.9. The van der Waals surface area contributed by atoms with Gasteiger partial charge in [-0.25, -0.2) is 14.3 Å². The molecule has 3 heterocycles. The van der Waals surface area contributed by atoms with Crippen LogP contribution in [0.15, 0.2) is 47.1 Å². The minimum Gasteiger partial charge on any atom is -0.493 e. The Hall–Kier alpha value is -4.10. The highest BCUT2D eigenvalue weighted by Gasteiger charge is 2.32. The second-order valence-electron chi connectivity index (χ2n) is 9.23. The molecule has 0 unspecified atom stereocenters. The Kier molecular flexibility index (Phi) is 9.61. The third kappa shape index (κ3) is 8.71. The van der Waals surface area contributed by atoms with Crippen LogP contribution >= 0.6 is 0 Å². The first-order chi connectivity index (χ1) is 19.2. The van der Waals surface area contributed by atoms with Crippen LogP contribution < -0.4 is 9.30 Å². The lowest BCUT2D eigenvalue weighted by molar-refractivity contribution is -0.697. The molecule has 12 nitrogen and oxygen atoms in total. The highest BCUT2D eigenvalue weighted by Crippen LogP contribution is 2.23. The molecule has 1 aromatic carbocycles. The zero-order valence-corrected chi connectivity index (χ0v) is 22.5. The van der Waals surface area contributed by atoms with E-state index in [9.17, 15) is 22.8 Å². The van der Waals surface area contributed by atoms with Crippen molar-refractivity contribution in [1.29, 1.82) is 0 Å². The average molecular weight is 573 g/mol. The number of benzene rings is 1. The van der Waals surface area contributed by atoms with Crippen LogP contribution in [0.2, 0.25) is 0 Å². The van der Waals surface area contributed by atoms with Crippen LogP contribution in [0.1, 0.15) is 56.4 Å². The molecular weight excluding hydrogens is 542 g/mol. The summed E-state index contributed by atoms with van der Waals surface area (Å²) in [6.07, 6.45) is 10.2. The summed E-state index contributed by atoms with van der Waals surface area (Å²) in [7, 11) is -4.01. The van der Waals surface area contributed by atoms with Crippen LogP contribution in [0.3, 0.4) is 0 Å². The summed E-state index contributed by atoms with van der Waals surface area (Å²) in [5.41, 5.74) is 2.12. The zero-order chi connectivity index (χ0) is 28.5. The van der Waals surface area contributed by atoms with E-state index in [4.69, 9.17) is 18.5 Å². The fraction of sp³-hybridized carbons (Fsp3) is 0.370. The number of unbranched alkanes of at least 4 members (excludes halogenated alkanes) is 2. The van der Waals surface area contributed by atoms with Gasteiger partial charge < -0.3 is 14.0 Å². The number of hydrogen-bond donors (Lipinski definition) is 1. The molecule has 0 radical (unpaired) electrons. The predicted octanol–water partition coefficient (Wildman–Crippen LogP) is 3.11. The molecule has 212 valence electrons.